The number of carbonyl (C=O) groups excluding carboxylic acids is 1. The van der Waals surface area contributed by atoms with E-state index in [1.807, 2.05) is 12.1 Å². The van der Waals surface area contributed by atoms with Gasteiger partial charge in [-0.25, -0.2) is 9.97 Å². The van der Waals surface area contributed by atoms with Gasteiger partial charge in [-0.1, -0.05) is 0 Å². The number of aliphatic hydroxyl groups is 1. The molecule has 35 heavy (non-hydrogen) atoms. The largest absolute Gasteiger partial charge is 0.489 e. The van der Waals surface area contributed by atoms with Crippen molar-refractivity contribution in [3.8, 4) is 23.1 Å². The molecule has 0 saturated carbocycles. The fourth-order valence-corrected chi connectivity index (χ4v) is 3.72. The van der Waals surface area contributed by atoms with Gasteiger partial charge in [0.25, 0.3) is 5.91 Å². The maximum atomic E-state index is 14.5. The third-order valence-electron chi connectivity index (χ3n) is 5.43. The Morgan fingerprint density at radius 3 is 2.86 bits per heavy atom. The highest BCUT2D eigenvalue weighted by atomic mass is 19.3. The first-order valence-corrected chi connectivity index (χ1v) is 10.9. The fourth-order valence-electron chi connectivity index (χ4n) is 3.72. The molecule has 1 unspecified atom stereocenters. The zero-order valence-corrected chi connectivity index (χ0v) is 18.7. The van der Waals surface area contributed by atoms with Crippen LogP contribution in [0.25, 0.3) is 11.3 Å². The van der Waals surface area contributed by atoms with Gasteiger partial charge in [0.05, 0.1) is 29.6 Å². The highest BCUT2D eigenvalue weighted by molar-refractivity contribution is 5.80. The number of likely N-dealkylation sites (tertiary alicyclic amines) is 1. The lowest BCUT2D eigenvalue weighted by atomic mass is 10.0. The third kappa shape index (κ3) is 5.50. The van der Waals surface area contributed by atoms with E-state index in [2.05, 4.69) is 20.3 Å². The molecular formula is C24H22F2N6O3. The summed E-state index contributed by atoms with van der Waals surface area (Å²) in [5.74, 6) is -0.525. The summed E-state index contributed by atoms with van der Waals surface area (Å²) in [5, 5.41) is 22.1. The number of benzene rings is 1. The molecule has 0 aliphatic carbocycles. The molecule has 1 aromatic carbocycles. The average molecular weight is 480 g/mol. The molecule has 1 amide bonds. The van der Waals surface area contributed by atoms with Crippen molar-refractivity contribution in [3.05, 3.63) is 60.6 Å². The van der Waals surface area contributed by atoms with Crippen LogP contribution in [-0.2, 0) is 4.79 Å². The second-order valence-corrected chi connectivity index (χ2v) is 8.02. The van der Waals surface area contributed by atoms with Crippen molar-refractivity contribution in [1.29, 1.82) is 5.26 Å². The Morgan fingerprint density at radius 1 is 1.34 bits per heavy atom. The van der Waals surface area contributed by atoms with Crippen LogP contribution in [0.1, 0.15) is 25.3 Å². The number of nitriles is 1. The predicted octanol–water partition coefficient (Wildman–Crippen LogP) is 3.50. The second-order valence-electron chi connectivity index (χ2n) is 8.02. The van der Waals surface area contributed by atoms with Gasteiger partial charge in [0.2, 0.25) is 5.95 Å². The lowest BCUT2D eigenvalue weighted by Gasteiger charge is -2.39. The van der Waals surface area contributed by atoms with Gasteiger partial charge in [0.15, 0.2) is 0 Å². The Kier molecular flexibility index (Phi) is 6.84. The van der Waals surface area contributed by atoms with Crippen molar-refractivity contribution in [2.45, 2.75) is 38.0 Å². The minimum Gasteiger partial charge on any atom is -0.489 e. The Hall–Kier alpha value is -4.17. The second kappa shape index (κ2) is 9.99. The quantitative estimate of drug-likeness (QED) is 0.514. The summed E-state index contributed by atoms with van der Waals surface area (Å²) in [6.45, 7) is 0.881. The van der Waals surface area contributed by atoms with Crippen LogP contribution < -0.4 is 10.1 Å². The van der Waals surface area contributed by atoms with Crippen molar-refractivity contribution in [2.75, 3.05) is 11.9 Å². The summed E-state index contributed by atoms with van der Waals surface area (Å²) in [7, 11) is 0. The third-order valence-corrected chi connectivity index (χ3v) is 5.43. The molecule has 2 atom stereocenters. The molecule has 11 heteroatoms. The van der Waals surface area contributed by atoms with Gasteiger partial charge in [0, 0.05) is 30.9 Å². The molecule has 0 spiro atoms. The molecule has 1 fully saturated rings. The minimum atomic E-state index is -3.47. The number of ether oxygens (including phenoxy) is 1. The molecule has 4 rings (SSSR count). The Morgan fingerprint density at radius 2 is 2.17 bits per heavy atom. The standard InChI is InChI=1S/C24H22F2N6O3/c1-15(33)22(34)32-10-7-19(12-24(32,25)26)35-21-5-4-16(11-17(21)13-27)20-6-9-29-23(31-20)30-18-3-2-8-28-14-18/h2-6,8-9,11,14-15,19,33H,7,10,12H2,1H3,(H,29,30,31)/t15-,19?/m1/s1. The molecule has 9 nitrogen and oxygen atoms in total. The van der Waals surface area contributed by atoms with Crippen molar-refractivity contribution >= 4 is 17.5 Å². The summed E-state index contributed by atoms with van der Waals surface area (Å²) in [4.78, 5) is 24.9. The van der Waals surface area contributed by atoms with Gasteiger partial charge in [0.1, 0.15) is 24.0 Å². The molecule has 2 aromatic heterocycles. The molecule has 0 radical (unpaired) electrons. The zero-order valence-electron chi connectivity index (χ0n) is 18.7. The lowest BCUT2D eigenvalue weighted by molar-refractivity contribution is -0.202. The van der Waals surface area contributed by atoms with Crippen LogP contribution >= 0.6 is 0 Å². The summed E-state index contributed by atoms with van der Waals surface area (Å²) >= 11 is 0. The monoisotopic (exact) mass is 480 g/mol. The van der Waals surface area contributed by atoms with Crippen LogP contribution in [0, 0.1) is 11.3 Å². The fraction of sp³-hybridized carbons (Fsp3) is 0.292. The lowest BCUT2D eigenvalue weighted by Crippen LogP contribution is -2.55. The van der Waals surface area contributed by atoms with E-state index in [0.29, 0.717) is 27.8 Å². The van der Waals surface area contributed by atoms with Crippen LogP contribution in [0.4, 0.5) is 20.4 Å². The number of aromatic nitrogens is 3. The van der Waals surface area contributed by atoms with Crippen LogP contribution in [0.5, 0.6) is 5.75 Å². The first-order chi connectivity index (χ1) is 16.8. The highest BCUT2D eigenvalue weighted by Crippen LogP contribution is 2.35. The van der Waals surface area contributed by atoms with Crippen molar-refractivity contribution in [1.82, 2.24) is 19.9 Å². The van der Waals surface area contributed by atoms with Crippen LogP contribution in [0.15, 0.2) is 55.0 Å². The molecule has 1 saturated heterocycles. The van der Waals surface area contributed by atoms with Gasteiger partial charge in [-0.05, 0) is 43.3 Å². The molecule has 0 bridgehead atoms. The molecule has 3 heterocycles. The first kappa shape index (κ1) is 24.0. The maximum absolute atomic E-state index is 14.5. The first-order valence-electron chi connectivity index (χ1n) is 10.9. The number of amides is 1. The number of nitrogens with zero attached hydrogens (tertiary/aromatic N) is 5. The van der Waals surface area contributed by atoms with Gasteiger partial charge >= 0.3 is 6.05 Å². The van der Waals surface area contributed by atoms with E-state index in [1.54, 1.807) is 42.9 Å². The van der Waals surface area contributed by atoms with E-state index in [1.165, 1.54) is 6.07 Å². The highest BCUT2D eigenvalue weighted by Gasteiger charge is 2.47. The Balaban J connectivity index is 1.49. The summed E-state index contributed by atoms with van der Waals surface area (Å²) in [6.07, 6.45) is 1.82. The molecule has 180 valence electrons. The number of alkyl halides is 2. The Labute approximate surface area is 200 Å². The summed E-state index contributed by atoms with van der Waals surface area (Å²) < 4.78 is 34.8. The van der Waals surface area contributed by atoms with Gasteiger partial charge in [-0.2, -0.15) is 14.0 Å². The van der Waals surface area contributed by atoms with E-state index >= 15 is 0 Å². The van der Waals surface area contributed by atoms with Gasteiger partial charge in [-0.3, -0.25) is 14.7 Å². The number of piperidine rings is 1. The van der Waals surface area contributed by atoms with Crippen LogP contribution in [-0.4, -0.2) is 55.7 Å². The number of anilines is 2. The van der Waals surface area contributed by atoms with Gasteiger partial charge in [-0.15, -0.1) is 0 Å². The molecular weight excluding hydrogens is 458 g/mol. The van der Waals surface area contributed by atoms with Crippen LogP contribution in [0.2, 0.25) is 0 Å². The predicted molar refractivity (Wildman–Crippen MR) is 122 cm³/mol. The van der Waals surface area contributed by atoms with Crippen LogP contribution in [0.3, 0.4) is 0 Å². The number of hydrogen-bond donors (Lipinski definition) is 2. The number of carbonyl (C=O) groups is 1. The van der Waals surface area contributed by atoms with E-state index in [-0.39, 0.29) is 24.3 Å². The number of nitrogens with one attached hydrogen (secondary N) is 1. The smallest absolute Gasteiger partial charge is 0.331 e. The molecule has 1 aliphatic heterocycles. The molecule has 2 N–H and O–H groups in total. The maximum Gasteiger partial charge on any atom is 0.331 e. The van der Waals surface area contributed by atoms with Gasteiger partial charge < -0.3 is 15.2 Å². The topological polar surface area (TPSA) is 124 Å². The molecule has 1 aliphatic rings. The Bertz CT molecular complexity index is 1250. The normalized spacial score (nSPS) is 17.8. The molecule has 3 aromatic rings. The summed E-state index contributed by atoms with van der Waals surface area (Å²) in [6, 6.07) is 8.62. The minimum absolute atomic E-state index is 0.135. The number of rotatable bonds is 6. The summed E-state index contributed by atoms with van der Waals surface area (Å²) in [5.41, 5.74) is 2.04. The van der Waals surface area contributed by atoms with E-state index in [0.717, 1.165) is 6.92 Å². The van der Waals surface area contributed by atoms with Crippen molar-refractivity contribution < 1.29 is 23.4 Å². The van der Waals surface area contributed by atoms with E-state index in [4.69, 9.17) is 4.74 Å². The SMILES string of the molecule is C[C@@H](O)C(=O)N1CCC(Oc2ccc(-c3ccnc(Nc4cccnc4)n3)cc2C#N)CC1(F)F. The number of halogens is 2. The van der Waals surface area contributed by atoms with Crippen molar-refractivity contribution in [2.24, 2.45) is 0 Å². The number of aliphatic hydroxyl groups excluding tert-OH is 1. The van der Waals surface area contributed by atoms with E-state index < -0.39 is 30.6 Å². The van der Waals surface area contributed by atoms with Crippen molar-refractivity contribution in [3.63, 3.8) is 0 Å². The van der Waals surface area contributed by atoms with E-state index in [9.17, 15) is 23.9 Å². The average Bonchev–Trinajstić information content (AvgIpc) is 2.84. The number of pyridine rings is 1. The number of hydrogen-bond acceptors (Lipinski definition) is 8. The zero-order chi connectivity index (χ0) is 25.0.